The molecule has 0 spiro atoms. The van der Waals surface area contributed by atoms with Crippen LogP contribution in [-0.4, -0.2) is 57.0 Å². The van der Waals surface area contributed by atoms with Crippen molar-refractivity contribution in [3.8, 4) is 5.75 Å². The topological polar surface area (TPSA) is 88.7 Å². The maximum atomic E-state index is 14.2. The van der Waals surface area contributed by atoms with Gasteiger partial charge in [-0.25, -0.2) is 9.18 Å². The average Bonchev–Trinajstić information content (AvgIpc) is 3.22. The highest BCUT2D eigenvalue weighted by Crippen LogP contribution is 2.49. The third kappa shape index (κ3) is 3.35. The van der Waals surface area contributed by atoms with E-state index in [0.29, 0.717) is 36.3 Å². The second-order valence-electron chi connectivity index (χ2n) is 9.09. The van der Waals surface area contributed by atoms with Crippen molar-refractivity contribution in [2.75, 3.05) is 19.6 Å². The summed E-state index contributed by atoms with van der Waals surface area (Å²) in [6.07, 6.45) is 0.920. The van der Waals surface area contributed by atoms with Gasteiger partial charge in [-0.1, -0.05) is 30.7 Å². The Morgan fingerprint density at radius 1 is 1.29 bits per heavy atom. The van der Waals surface area contributed by atoms with Gasteiger partial charge in [-0.2, -0.15) is 0 Å². The van der Waals surface area contributed by atoms with Crippen LogP contribution in [0.1, 0.15) is 43.1 Å². The summed E-state index contributed by atoms with van der Waals surface area (Å²) in [6.45, 7) is 5.61. The number of hydrogen-bond acceptors (Lipinski definition) is 4. The Morgan fingerprint density at radius 2 is 2.09 bits per heavy atom. The molecular weight excluding hydrogens is 459 g/mol. The number of hydrogen-bond donors (Lipinski definition) is 3. The molecule has 0 saturated carbocycles. The summed E-state index contributed by atoms with van der Waals surface area (Å²) in [5.74, 6) is -0.753. The summed E-state index contributed by atoms with van der Waals surface area (Å²) in [4.78, 5) is 33.5. The first kappa shape index (κ1) is 22.7. The molecule has 0 bridgehead atoms. The van der Waals surface area contributed by atoms with Crippen molar-refractivity contribution in [2.45, 2.75) is 38.3 Å². The average molecular weight is 485 g/mol. The van der Waals surface area contributed by atoms with Crippen LogP contribution in [0.3, 0.4) is 0 Å². The van der Waals surface area contributed by atoms with Crippen LogP contribution in [0.5, 0.6) is 5.75 Å². The molecule has 178 valence electrons. The highest BCUT2D eigenvalue weighted by molar-refractivity contribution is 6.31. The van der Waals surface area contributed by atoms with Crippen molar-refractivity contribution in [3.05, 3.63) is 64.1 Å². The van der Waals surface area contributed by atoms with Gasteiger partial charge in [0.05, 0.1) is 5.02 Å². The van der Waals surface area contributed by atoms with Gasteiger partial charge in [-0.05, 0) is 61.8 Å². The number of phenols is 1. The lowest BCUT2D eigenvalue weighted by atomic mass is 9.81. The van der Waals surface area contributed by atoms with Gasteiger partial charge in [0.1, 0.15) is 23.1 Å². The fourth-order valence-corrected chi connectivity index (χ4v) is 5.45. The number of amides is 3. The first-order chi connectivity index (χ1) is 16.3. The van der Waals surface area contributed by atoms with Crippen LogP contribution < -0.4 is 5.32 Å². The van der Waals surface area contributed by atoms with Crippen LogP contribution in [-0.2, 0) is 11.2 Å². The minimum Gasteiger partial charge on any atom is -0.508 e. The summed E-state index contributed by atoms with van der Waals surface area (Å²) >= 11 is 6.10. The van der Waals surface area contributed by atoms with Crippen molar-refractivity contribution in [3.63, 3.8) is 0 Å². The van der Waals surface area contributed by atoms with Crippen LogP contribution >= 0.6 is 11.6 Å². The number of fused-ring (bicyclic) bond motifs is 4. The number of benzene rings is 2. The summed E-state index contributed by atoms with van der Waals surface area (Å²) in [5.41, 5.74) is 1.58. The molecule has 3 amide bonds. The van der Waals surface area contributed by atoms with E-state index in [1.165, 1.54) is 11.0 Å². The molecule has 1 saturated heterocycles. The molecule has 2 aliphatic heterocycles. The lowest BCUT2D eigenvalue weighted by molar-refractivity contribution is -0.133. The molecule has 34 heavy (non-hydrogen) atoms. The quantitative estimate of drug-likeness (QED) is 0.359. The van der Waals surface area contributed by atoms with Crippen LogP contribution in [0.25, 0.3) is 10.9 Å². The van der Waals surface area contributed by atoms with Gasteiger partial charge in [-0.3, -0.25) is 14.6 Å². The number of halogens is 2. The maximum absolute atomic E-state index is 14.2. The summed E-state index contributed by atoms with van der Waals surface area (Å²) in [5, 5.41) is 14.1. The van der Waals surface area contributed by atoms with E-state index in [-0.39, 0.29) is 29.1 Å². The second kappa shape index (κ2) is 8.29. The van der Waals surface area contributed by atoms with Gasteiger partial charge in [-0.15, -0.1) is 0 Å². The van der Waals surface area contributed by atoms with E-state index < -0.39 is 17.4 Å². The zero-order valence-corrected chi connectivity index (χ0v) is 19.7. The Kier molecular flexibility index (Phi) is 5.53. The monoisotopic (exact) mass is 484 g/mol. The standard InChI is InChI=1S/C25H26ClFN4O3/c1-3-28-8-5-9-30-23(33)25(2)13-17-16-11-18(26)19(27)12-20(16)29-21(17)22(31(25)24(30)34)14-6-4-7-15(32)10-14/h4,6-7,10-12,22,28-29,32H,3,5,8-9,13H2,1-2H3. The second-order valence-corrected chi connectivity index (χ2v) is 9.50. The van der Waals surface area contributed by atoms with Gasteiger partial charge in [0.25, 0.3) is 5.91 Å². The number of nitrogens with one attached hydrogen (secondary N) is 2. The summed E-state index contributed by atoms with van der Waals surface area (Å²) in [6, 6.07) is 8.52. The van der Waals surface area contributed by atoms with Gasteiger partial charge < -0.3 is 15.4 Å². The van der Waals surface area contributed by atoms with E-state index in [0.717, 1.165) is 17.5 Å². The molecular formula is C25H26ClFN4O3. The van der Waals surface area contributed by atoms with E-state index >= 15 is 0 Å². The Balaban J connectivity index is 1.66. The normalized spacial score (nSPS) is 21.9. The number of H-pyrrole nitrogens is 1. The first-order valence-corrected chi connectivity index (χ1v) is 11.8. The predicted molar refractivity (Wildman–Crippen MR) is 127 cm³/mol. The zero-order valence-electron chi connectivity index (χ0n) is 19.0. The molecule has 2 aromatic carbocycles. The van der Waals surface area contributed by atoms with E-state index in [1.54, 1.807) is 36.1 Å². The minimum absolute atomic E-state index is 0.00494. The molecule has 7 nitrogen and oxygen atoms in total. The SMILES string of the molecule is CCNCCCN1C(=O)N2C(c3cccc(O)c3)c3[nH]c4cc(F)c(Cl)cc4c3CC2(C)C1=O. The number of urea groups is 1. The molecule has 3 N–H and O–H groups in total. The Morgan fingerprint density at radius 3 is 2.82 bits per heavy atom. The summed E-state index contributed by atoms with van der Waals surface area (Å²) < 4.78 is 14.2. The number of imide groups is 1. The van der Waals surface area contributed by atoms with Gasteiger partial charge in [0.2, 0.25) is 0 Å². The molecule has 5 rings (SSSR count). The van der Waals surface area contributed by atoms with Gasteiger partial charge in [0, 0.05) is 29.6 Å². The first-order valence-electron chi connectivity index (χ1n) is 11.4. The number of carbonyl (C=O) groups is 2. The molecule has 9 heteroatoms. The molecule has 0 radical (unpaired) electrons. The lowest BCUT2D eigenvalue weighted by Gasteiger charge is -2.42. The number of carbonyl (C=O) groups excluding carboxylic acids is 2. The molecule has 2 unspecified atom stereocenters. The zero-order chi connectivity index (χ0) is 24.2. The van der Waals surface area contributed by atoms with Crippen molar-refractivity contribution >= 4 is 34.4 Å². The Bertz CT molecular complexity index is 1310. The smallest absolute Gasteiger partial charge is 0.328 e. The molecule has 3 aromatic rings. The minimum atomic E-state index is -1.13. The van der Waals surface area contributed by atoms with Crippen LogP contribution in [0.4, 0.5) is 9.18 Å². The van der Waals surface area contributed by atoms with E-state index in [4.69, 9.17) is 11.6 Å². The van der Waals surface area contributed by atoms with Crippen molar-refractivity contribution in [2.24, 2.45) is 0 Å². The largest absolute Gasteiger partial charge is 0.508 e. The fourth-order valence-electron chi connectivity index (χ4n) is 5.29. The fraction of sp³-hybridized carbons (Fsp3) is 0.360. The van der Waals surface area contributed by atoms with E-state index in [1.807, 2.05) is 13.0 Å². The summed E-state index contributed by atoms with van der Waals surface area (Å²) in [7, 11) is 0. The highest BCUT2D eigenvalue weighted by atomic mass is 35.5. The Hall–Kier alpha value is -3.10. The molecule has 3 heterocycles. The van der Waals surface area contributed by atoms with Gasteiger partial charge in [0.15, 0.2) is 0 Å². The van der Waals surface area contributed by atoms with Crippen LogP contribution in [0.15, 0.2) is 36.4 Å². The molecule has 2 atom stereocenters. The predicted octanol–water partition coefficient (Wildman–Crippen LogP) is 4.33. The van der Waals surface area contributed by atoms with Gasteiger partial charge >= 0.3 is 6.03 Å². The molecule has 1 aromatic heterocycles. The maximum Gasteiger partial charge on any atom is 0.328 e. The van der Waals surface area contributed by atoms with Crippen LogP contribution in [0, 0.1) is 5.82 Å². The number of nitrogens with zero attached hydrogens (tertiary/aromatic N) is 2. The van der Waals surface area contributed by atoms with Crippen molar-refractivity contribution in [1.29, 1.82) is 0 Å². The highest BCUT2D eigenvalue weighted by Gasteiger charge is 2.60. The van der Waals surface area contributed by atoms with Crippen molar-refractivity contribution in [1.82, 2.24) is 20.1 Å². The number of phenolic OH excluding ortho intramolecular Hbond substituents is 1. The molecule has 1 fully saturated rings. The van der Waals surface area contributed by atoms with Crippen molar-refractivity contribution < 1.29 is 19.1 Å². The number of aromatic amines is 1. The third-order valence-corrected chi connectivity index (χ3v) is 7.17. The third-order valence-electron chi connectivity index (χ3n) is 6.88. The van der Waals surface area contributed by atoms with E-state index in [2.05, 4.69) is 10.3 Å². The number of rotatable bonds is 6. The molecule has 2 aliphatic rings. The van der Waals surface area contributed by atoms with E-state index in [9.17, 15) is 19.1 Å². The molecule has 0 aliphatic carbocycles. The Labute approximate surface area is 201 Å². The lowest BCUT2D eigenvalue weighted by Crippen LogP contribution is -2.53. The number of aromatic hydroxyl groups is 1. The number of aromatic nitrogens is 1. The van der Waals surface area contributed by atoms with Crippen LogP contribution in [0.2, 0.25) is 5.02 Å².